The molecular weight excluding hydrogens is 432 g/mol. The van der Waals surface area contributed by atoms with Gasteiger partial charge >= 0.3 is 7.12 Å². The Morgan fingerprint density at radius 1 is 1.06 bits per heavy atom. The second-order valence-electron chi connectivity index (χ2n) is 12.0. The lowest BCUT2D eigenvalue weighted by molar-refractivity contribution is -0.125. The van der Waals surface area contributed by atoms with Crippen molar-refractivity contribution in [1.29, 1.82) is 0 Å². The first kappa shape index (κ1) is 23.0. The molecule has 1 saturated carbocycles. The second-order valence-corrected chi connectivity index (χ2v) is 12.0. The van der Waals surface area contributed by atoms with Gasteiger partial charge in [-0.2, -0.15) is 0 Å². The largest absolute Gasteiger partial charge is 0.494 e. The van der Waals surface area contributed by atoms with Crippen molar-refractivity contribution < 1.29 is 18.5 Å². The first-order chi connectivity index (χ1) is 16.1. The van der Waals surface area contributed by atoms with E-state index in [1.165, 1.54) is 0 Å². The molecule has 4 aliphatic heterocycles. The first-order valence-corrected chi connectivity index (χ1v) is 13.0. The number of amides is 1. The van der Waals surface area contributed by atoms with Crippen LogP contribution in [0.4, 0.5) is 10.1 Å². The number of fused-ring (bicyclic) bond motifs is 2. The molecule has 1 N–H and O–H groups in total. The van der Waals surface area contributed by atoms with Crippen molar-refractivity contribution in [3.05, 3.63) is 23.8 Å². The SMILES string of the molecule is CC1(C)OB(c2ccc3c(c2)N([C@H]2C[C@@H](N4CC[C@@H](F)C4)C2)C(=O)C32CCNCC2)OC1(C)C. The fraction of sp³-hybridized carbons (Fsp3) is 0.731. The van der Waals surface area contributed by atoms with Crippen LogP contribution in [0, 0.1) is 0 Å². The molecule has 4 fully saturated rings. The predicted octanol–water partition coefficient (Wildman–Crippen LogP) is 2.53. The number of nitrogens with one attached hydrogen (secondary N) is 1. The first-order valence-electron chi connectivity index (χ1n) is 13.0. The average Bonchev–Trinajstić information content (AvgIpc) is 3.35. The number of alkyl halides is 1. The van der Waals surface area contributed by atoms with Gasteiger partial charge in [-0.05, 0) is 90.0 Å². The van der Waals surface area contributed by atoms with E-state index in [1.54, 1.807) is 0 Å². The zero-order valence-corrected chi connectivity index (χ0v) is 20.9. The van der Waals surface area contributed by atoms with E-state index in [4.69, 9.17) is 9.31 Å². The van der Waals surface area contributed by atoms with Crippen LogP contribution >= 0.6 is 0 Å². The number of hydrogen-bond donors (Lipinski definition) is 1. The maximum absolute atomic E-state index is 14.1. The molecule has 3 saturated heterocycles. The molecule has 34 heavy (non-hydrogen) atoms. The Balaban J connectivity index is 1.31. The van der Waals surface area contributed by atoms with Crippen LogP contribution in [0.5, 0.6) is 0 Å². The lowest BCUT2D eigenvalue weighted by Crippen LogP contribution is -2.57. The Labute approximate surface area is 202 Å². The van der Waals surface area contributed by atoms with Gasteiger partial charge in [0.2, 0.25) is 5.91 Å². The van der Waals surface area contributed by atoms with Crippen molar-refractivity contribution in [1.82, 2.24) is 10.2 Å². The van der Waals surface area contributed by atoms with E-state index in [2.05, 4.69) is 61.0 Å². The summed E-state index contributed by atoms with van der Waals surface area (Å²) >= 11 is 0. The molecule has 4 heterocycles. The van der Waals surface area contributed by atoms with Crippen molar-refractivity contribution in [2.75, 3.05) is 31.1 Å². The molecular formula is C26H37BFN3O3. The zero-order chi connectivity index (χ0) is 23.9. The summed E-state index contributed by atoms with van der Waals surface area (Å²) in [7, 11) is -0.447. The van der Waals surface area contributed by atoms with Gasteiger partial charge in [0.25, 0.3) is 0 Å². The highest BCUT2D eigenvalue weighted by molar-refractivity contribution is 6.62. The molecule has 0 radical (unpaired) electrons. The lowest BCUT2D eigenvalue weighted by atomic mass is 9.72. The minimum Gasteiger partial charge on any atom is -0.399 e. The van der Waals surface area contributed by atoms with Crippen molar-refractivity contribution in [3.8, 4) is 0 Å². The summed E-state index contributed by atoms with van der Waals surface area (Å²) in [4.78, 5) is 18.4. The molecule has 1 aromatic carbocycles. The van der Waals surface area contributed by atoms with E-state index >= 15 is 0 Å². The highest BCUT2D eigenvalue weighted by Gasteiger charge is 2.56. The molecule has 0 bridgehead atoms. The van der Waals surface area contributed by atoms with Crippen LogP contribution in [-0.2, 0) is 19.5 Å². The van der Waals surface area contributed by atoms with Gasteiger partial charge in [0, 0.05) is 30.9 Å². The fourth-order valence-electron chi connectivity index (χ4n) is 6.58. The predicted molar refractivity (Wildman–Crippen MR) is 131 cm³/mol. The topological polar surface area (TPSA) is 54.0 Å². The number of anilines is 1. The highest BCUT2D eigenvalue weighted by atomic mass is 19.1. The molecule has 5 aliphatic rings. The van der Waals surface area contributed by atoms with Gasteiger partial charge in [-0.1, -0.05) is 12.1 Å². The van der Waals surface area contributed by atoms with Crippen molar-refractivity contribution >= 4 is 24.2 Å². The molecule has 8 heteroatoms. The summed E-state index contributed by atoms with van der Waals surface area (Å²) in [6, 6.07) is 6.96. The molecule has 0 unspecified atom stereocenters. The van der Waals surface area contributed by atoms with Gasteiger partial charge < -0.3 is 19.5 Å². The average molecular weight is 469 g/mol. The number of nitrogens with zero attached hydrogens (tertiary/aromatic N) is 2. The monoisotopic (exact) mass is 469 g/mol. The van der Waals surface area contributed by atoms with Gasteiger partial charge in [0.05, 0.1) is 16.6 Å². The van der Waals surface area contributed by atoms with E-state index in [9.17, 15) is 9.18 Å². The van der Waals surface area contributed by atoms with Crippen LogP contribution in [0.25, 0.3) is 0 Å². The molecule has 1 spiro atoms. The number of likely N-dealkylation sites (tertiary alicyclic amines) is 1. The molecule has 6 rings (SSSR count). The lowest BCUT2D eigenvalue weighted by Gasteiger charge is -2.46. The zero-order valence-electron chi connectivity index (χ0n) is 20.9. The van der Waals surface area contributed by atoms with Crippen molar-refractivity contribution in [3.63, 3.8) is 0 Å². The van der Waals surface area contributed by atoms with Crippen LogP contribution in [0.3, 0.4) is 0 Å². The van der Waals surface area contributed by atoms with Crippen molar-refractivity contribution in [2.24, 2.45) is 0 Å². The second kappa shape index (κ2) is 7.76. The van der Waals surface area contributed by atoms with Gasteiger partial charge in [-0.15, -0.1) is 0 Å². The molecule has 1 atom stereocenters. The standard InChI is InChI=1S/C26H37BFN3O3/c1-24(2)25(3,4)34-27(33-24)17-5-6-21-22(13-17)31(23(32)26(21)8-10-29-11-9-26)20-14-19(15-20)30-12-7-18(28)16-30/h5-6,13,18-20,29H,7-12,14-16H2,1-4H3/t18-,19-,20+/m1/s1. The van der Waals surface area contributed by atoms with Crippen molar-refractivity contribution in [2.45, 2.75) is 94.7 Å². The van der Waals surface area contributed by atoms with Gasteiger partial charge in [-0.25, -0.2) is 4.39 Å². The minimum atomic E-state index is -0.700. The molecule has 0 aromatic heterocycles. The van der Waals surface area contributed by atoms with E-state index in [1.807, 2.05) is 0 Å². The maximum Gasteiger partial charge on any atom is 0.494 e. The van der Waals surface area contributed by atoms with Crippen LogP contribution in [0.2, 0.25) is 0 Å². The summed E-state index contributed by atoms with van der Waals surface area (Å²) < 4.78 is 26.4. The summed E-state index contributed by atoms with van der Waals surface area (Å²) in [6.07, 6.45) is 3.45. The van der Waals surface area contributed by atoms with Crippen LogP contribution in [0.1, 0.15) is 65.4 Å². The van der Waals surface area contributed by atoms with Crippen LogP contribution < -0.4 is 15.7 Å². The van der Waals surface area contributed by atoms with Crippen LogP contribution in [0.15, 0.2) is 18.2 Å². The Morgan fingerprint density at radius 3 is 2.35 bits per heavy atom. The van der Waals surface area contributed by atoms with Gasteiger partial charge in [-0.3, -0.25) is 9.69 Å². The summed E-state index contributed by atoms with van der Waals surface area (Å²) in [5.41, 5.74) is 1.91. The fourth-order valence-corrected chi connectivity index (χ4v) is 6.58. The molecule has 1 aromatic rings. The normalized spacial score (nSPS) is 34.0. The molecule has 1 aliphatic carbocycles. The highest BCUT2D eigenvalue weighted by Crippen LogP contribution is 2.50. The third kappa shape index (κ3) is 3.32. The smallest absolute Gasteiger partial charge is 0.399 e. The van der Waals surface area contributed by atoms with E-state index in [0.717, 1.165) is 62.0 Å². The minimum absolute atomic E-state index is 0.178. The molecule has 184 valence electrons. The number of carbonyl (C=O) groups is 1. The van der Waals surface area contributed by atoms with Gasteiger partial charge in [0.15, 0.2) is 0 Å². The molecule has 6 nitrogen and oxygen atoms in total. The maximum atomic E-state index is 14.1. The summed E-state index contributed by atoms with van der Waals surface area (Å²) in [6.45, 7) is 11.4. The third-order valence-electron chi connectivity index (χ3n) is 9.54. The van der Waals surface area contributed by atoms with E-state index in [0.29, 0.717) is 19.0 Å². The van der Waals surface area contributed by atoms with Gasteiger partial charge in [0.1, 0.15) is 6.17 Å². The number of benzene rings is 1. The number of halogens is 1. The number of hydrogen-bond acceptors (Lipinski definition) is 5. The Morgan fingerprint density at radius 2 is 1.74 bits per heavy atom. The summed E-state index contributed by atoms with van der Waals surface area (Å²) in [5, 5.41) is 3.43. The number of carbonyl (C=O) groups excluding carboxylic acids is 1. The Kier molecular flexibility index (Phi) is 5.24. The van der Waals surface area contributed by atoms with E-state index < -0.39 is 29.9 Å². The number of rotatable bonds is 3. The van der Waals surface area contributed by atoms with E-state index in [-0.39, 0.29) is 11.9 Å². The molecule has 1 amide bonds. The van der Waals surface area contributed by atoms with Crippen LogP contribution in [-0.4, -0.2) is 73.6 Å². The summed E-state index contributed by atoms with van der Waals surface area (Å²) in [5.74, 6) is 0.253. The Bertz CT molecular complexity index is 974. The quantitative estimate of drug-likeness (QED) is 0.690. The number of piperidine rings is 1. The Hall–Kier alpha value is -1.48. The third-order valence-corrected chi connectivity index (χ3v) is 9.54.